The first-order valence-corrected chi connectivity index (χ1v) is 9.22. The van der Waals surface area contributed by atoms with Crippen molar-refractivity contribution >= 4 is 35.2 Å². The molecule has 7 nitrogen and oxygen atoms in total. The van der Waals surface area contributed by atoms with E-state index in [1.165, 1.54) is 12.2 Å². The highest BCUT2D eigenvalue weighted by Gasteiger charge is 2.07. The number of hydrogen-bond donors (Lipinski definition) is 1. The lowest BCUT2D eigenvalue weighted by Crippen LogP contribution is -2.20. The van der Waals surface area contributed by atoms with E-state index in [0.29, 0.717) is 22.9 Å². The van der Waals surface area contributed by atoms with Gasteiger partial charge in [0.15, 0.2) is 6.61 Å². The number of anilines is 1. The predicted molar refractivity (Wildman–Crippen MR) is 110 cm³/mol. The van der Waals surface area contributed by atoms with E-state index < -0.39 is 18.5 Å². The Morgan fingerprint density at radius 1 is 1.21 bits per heavy atom. The highest BCUT2D eigenvalue weighted by atomic mass is 35.5. The average molecular weight is 411 g/mol. The molecule has 2 aromatic carbocycles. The number of ether oxygens (including phenoxy) is 1. The molecule has 0 aliphatic rings. The normalized spacial score (nSPS) is 10.8. The topological polar surface area (TPSA) is 86.1 Å². The molecule has 0 unspecified atom stereocenters. The van der Waals surface area contributed by atoms with E-state index in [1.807, 2.05) is 37.3 Å². The first-order valence-electron chi connectivity index (χ1n) is 8.84. The molecule has 0 spiro atoms. The van der Waals surface area contributed by atoms with Crippen molar-refractivity contribution in [3.63, 3.8) is 0 Å². The van der Waals surface area contributed by atoms with Gasteiger partial charge in [-0.25, -0.2) is 9.48 Å². The Balaban J connectivity index is 1.46. The first kappa shape index (κ1) is 20.3. The van der Waals surface area contributed by atoms with Gasteiger partial charge in [-0.2, -0.15) is 0 Å². The summed E-state index contributed by atoms with van der Waals surface area (Å²) < 4.78 is 6.60. The number of aryl methyl sites for hydroxylation is 1. The Hall–Kier alpha value is -3.45. The number of rotatable bonds is 7. The number of benzene rings is 2. The summed E-state index contributed by atoms with van der Waals surface area (Å²) >= 11 is 6.01. The smallest absolute Gasteiger partial charge is 0.331 e. The second kappa shape index (κ2) is 9.66. The van der Waals surface area contributed by atoms with E-state index in [0.717, 1.165) is 11.1 Å². The van der Waals surface area contributed by atoms with Crippen LogP contribution in [0.4, 0.5) is 5.69 Å². The fraction of sp³-hybridized carbons (Fsp3) is 0.143. The summed E-state index contributed by atoms with van der Waals surface area (Å²) in [7, 11) is 0. The fourth-order valence-electron chi connectivity index (χ4n) is 2.44. The molecule has 8 heteroatoms. The highest BCUT2D eigenvalue weighted by Crippen LogP contribution is 2.19. The molecule has 29 heavy (non-hydrogen) atoms. The third-order valence-electron chi connectivity index (χ3n) is 3.94. The maximum absolute atomic E-state index is 11.9. The van der Waals surface area contributed by atoms with Gasteiger partial charge >= 0.3 is 5.97 Å². The zero-order valence-corrected chi connectivity index (χ0v) is 16.5. The summed E-state index contributed by atoms with van der Waals surface area (Å²) in [5.41, 5.74) is 3.04. The van der Waals surface area contributed by atoms with Gasteiger partial charge in [0, 0.05) is 16.8 Å². The summed E-state index contributed by atoms with van der Waals surface area (Å²) in [6, 6.07) is 15.0. The summed E-state index contributed by atoms with van der Waals surface area (Å²) in [6.45, 7) is 2.03. The van der Waals surface area contributed by atoms with E-state index in [-0.39, 0.29) is 0 Å². The summed E-state index contributed by atoms with van der Waals surface area (Å²) in [5, 5.41) is 11.1. The number of nitrogens with one attached hydrogen (secondary N) is 1. The third-order valence-corrected chi connectivity index (χ3v) is 4.34. The molecule has 0 fully saturated rings. The van der Waals surface area contributed by atoms with E-state index in [9.17, 15) is 9.59 Å². The largest absolute Gasteiger partial charge is 0.452 e. The quantitative estimate of drug-likeness (QED) is 0.476. The van der Waals surface area contributed by atoms with Crippen molar-refractivity contribution in [2.45, 2.75) is 13.5 Å². The Morgan fingerprint density at radius 3 is 2.76 bits per heavy atom. The molecular weight excluding hydrogens is 392 g/mol. The van der Waals surface area contributed by atoms with Crippen LogP contribution in [0.15, 0.2) is 60.8 Å². The second-order valence-corrected chi connectivity index (χ2v) is 6.69. The first-order chi connectivity index (χ1) is 14.0. The van der Waals surface area contributed by atoms with Crippen molar-refractivity contribution in [2.75, 3.05) is 11.9 Å². The minimum Gasteiger partial charge on any atom is -0.452 e. The van der Waals surface area contributed by atoms with Crippen LogP contribution in [0.5, 0.6) is 0 Å². The molecule has 1 heterocycles. The number of hydrogen-bond acceptors (Lipinski definition) is 5. The van der Waals surface area contributed by atoms with Gasteiger partial charge in [0.25, 0.3) is 5.91 Å². The number of carbonyl (C=O) groups is 2. The van der Waals surface area contributed by atoms with Crippen LogP contribution in [0.3, 0.4) is 0 Å². The van der Waals surface area contributed by atoms with E-state index >= 15 is 0 Å². The van der Waals surface area contributed by atoms with Crippen molar-refractivity contribution < 1.29 is 14.3 Å². The third kappa shape index (κ3) is 6.29. The van der Waals surface area contributed by atoms with Gasteiger partial charge in [-0.05, 0) is 36.3 Å². The van der Waals surface area contributed by atoms with Crippen LogP contribution in [-0.2, 0) is 20.9 Å². The van der Waals surface area contributed by atoms with Gasteiger partial charge in [0.2, 0.25) is 0 Å². The van der Waals surface area contributed by atoms with Crippen LogP contribution in [0, 0.1) is 6.92 Å². The second-order valence-electron chi connectivity index (χ2n) is 6.28. The van der Waals surface area contributed by atoms with Crippen molar-refractivity contribution in [1.29, 1.82) is 0 Å². The number of nitrogens with zero attached hydrogens (tertiary/aromatic N) is 3. The van der Waals surface area contributed by atoms with Crippen LogP contribution in [0.1, 0.15) is 16.8 Å². The van der Waals surface area contributed by atoms with E-state index in [4.69, 9.17) is 16.3 Å². The number of halogens is 1. The molecular formula is C21H19ClN4O3. The number of aromatic nitrogens is 3. The molecule has 0 aliphatic carbocycles. The number of amides is 1. The molecule has 0 aliphatic heterocycles. The monoisotopic (exact) mass is 410 g/mol. The minimum absolute atomic E-state index is 0.407. The van der Waals surface area contributed by atoms with Crippen molar-refractivity contribution in [2.24, 2.45) is 0 Å². The molecule has 0 radical (unpaired) electrons. The van der Waals surface area contributed by atoms with Gasteiger partial charge < -0.3 is 10.1 Å². The Labute approximate surface area is 172 Å². The van der Waals surface area contributed by atoms with Gasteiger partial charge in [-0.3, -0.25) is 4.79 Å². The molecule has 3 rings (SSSR count). The molecule has 1 amide bonds. The predicted octanol–water partition coefficient (Wildman–Crippen LogP) is 3.48. The van der Waals surface area contributed by atoms with Crippen LogP contribution in [0.2, 0.25) is 5.02 Å². The molecule has 3 aromatic rings. The lowest BCUT2D eigenvalue weighted by molar-refractivity contribution is -0.142. The van der Waals surface area contributed by atoms with E-state index in [1.54, 1.807) is 29.1 Å². The summed E-state index contributed by atoms with van der Waals surface area (Å²) in [5.74, 6) is -1.11. The standard InChI is InChI=1S/C21H19ClN4O3/c1-15-7-8-17(11-19(15)22)23-20(27)14-29-21(28)10-9-18-13-26(25-24-18)12-16-5-3-2-4-6-16/h2-11,13H,12,14H2,1H3,(H,23,27)/b10-9+. The average Bonchev–Trinajstić information content (AvgIpc) is 3.16. The van der Waals surface area contributed by atoms with Crippen molar-refractivity contribution in [1.82, 2.24) is 15.0 Å². The zero-order chi connectivity index (χ0) is 20.6. The fourth-order valence-corrected chi connectivity index (χ4v) is 2.62. The van der Waals surface area contributed by atoms with Gasteiger partial charge in [0.1, 0.15) is 5.69 Å². The SMILES string of the molecule is Cc1ccc(NC(=O)COC(=O)/C=C/c2cn(Cc3ccccc3)nn2)cc1Cl. The van der Waals surface area contributed by atoms with Crippen LogP contribution < -0.4 is 5.32 Å². The molecule has 0 saturated carbocycles. The van der Waals surface area contributed by atoms with Gasteiger partial charge in [-0.15, -0.1) is 5.10 Å². The maximum atomic E-state index is 11.9. The molecule has 1 N–H and O–H groups in total. The molecule has 1 aromatic heterocycles. The van der Waals surface area contributed by atoms with Crippen LogP contribution in [0.25, 0.3) is 6.08 Å². The van der Waals surface area contributed by atoms with Crippen LogP contribution in [-0.4, -0.2) is 33.5 Å². The Morgan fingerprint density at radius 2 is 2.00 bits per heavy atom. The van der Waals surface area contributed by atoms with Crippen molar-refractivity contribution in [3.05, 3.63) is 82.6 Å². The molecule has 0 atom stereocenters. The van der Waals surface area contributed by atoms with Crippen molar-refractivity contribution in [3.8, 4) is 0 Å². The maximum Gasteiger partial charge on any atom is 0.331 e. The zero-order valence-electron chi connectivity index (χ0n) is 15.7. The molecule has 0 saturated heterocycles. The number of carbonyl (C=O) groups excluding carboxylic acids is 2. The Bertz CT molecular complexity index is 1030. The van der Waals surface area contributed by atoms with Crippen LogP contribution >= 0.6 is 11.6 Å². The van der Waals surface area contributed by atoms with Gasteiger partial charge in [0.05, 0.1) is 12.7 Å². The Kier molecular flexibility index (Phi) is 6.76. The lowest BCUT2D eigenvalue weighted by Gasteiger charge is -2.06. The summed E-state index contributed by atoms with van der Waals surface area (Å²) in [6.07, 6.45) is 4.39. The van der Waals surface area contributed by atoms with Gasteiger partial charge in [-0.1, -0.05) is 53.2 Å². The minimum atomic E-state index is -0.653. The number of esters is 1. The summed E-state index contributed by atoms with van der Waals surface area (Å²) in [4.78, 5) is 23.7. The van der Waals surface area contributed by atoms with E-state index in [2.05, 4.69) is 15.6 Å². The molecule has 148 valence electrons. The highest BCUT2D eigenvalue weighted by molar-refractivity contribution is 6.31. The molecule has 0 bridgehead atoms. The lowest BCUT2D eigenvalue weighted by atomic mass is 10.2.